The van der Waals surface area contributed by atoms with Crippen LogP contribution in [0.2, 0.25) is 0 Å². The second kappa shape index (κ2) is 9.43. The van der Waals surface area contributed by atoms with Crippen LogP contribution in [0.5, 0.6) is 17.2 Å². The summed E-state index contributed by atoms with van der Waals surface area (Å²) in [7, 11) is 1.63. The van der Waals surface area contributed by atoms with Crippen molar-refractivity contribution in [1.82, 2.24) is 5.32 Å². The van der Waals surface area contributed by atoms with E-state index in [9.17, 15) is 4.79 Å². The molecule has 1 aliphatic rings. The number of rotatable bonds is 8. The van der Waals surface area contributed by atoms with Crippen molar-refractivity contribution in [2.24, 2.45) is 0 Å². The van der Waals surface area contributed by atoms with Crippen LogP contribution in [0.1, 0.15) is 12.0 Å². The summed E-state index contributed by atoms with van der Waals surface area (Å²) in [6.45, 7) is 1.10. The lowest BCUT2D eigenvalue weighted by molar-refractivity contribution is -0.115. The molecule has 5 nitrogen and oxygen atoms in total. The summed E-state index contributed by atoms with van der Waals surface area (Å²) < 4.78 is 17.0. The van der Waals surface area contributed by atoms with Gasteiger partial charge < -0.3 is 19.5 Å². The standard InChI is InChI=1S/C20H19NO4S2/c1-23-15-6-8-16(9-7-15)24-10-3-11-25-17-5-2-4-14(12-17)13-18-19(22)21-20(26)27-18/h2,4-9,12-13H,3,10-11H2,1H3,(H,21,22,26)/b18-13+. The first kappa shape index (κ1) is 19.3. The van der Waals surface area contributed by atoms with E-state index in [1.165, 1.54) is 11.8 Å². The summed E-state index contributed by atoms with van der Waals surface area (Å²) in [4.78, 5) is 12.3. The summed E-state index contributed by atoms with van der Waals surface area (Å²) in [6, 6.07) is 15.1. The molecule has 7 heteroatoms. The molecule has 3 rings (SSSR count). The van der Waals surface area contributed by atoms with Crippen molar-refractivity contribution in [3.05, 3.63) is 59.0 Å². The number of hydrogen-bond donors (Lipinski definition) is 1. The highest BCUT2D eigenvalue weighted by Crippen LogP contribution is 2.27. The van der Waals surface area contributed by atoms with Gasteiger partial charge in [-0.2, -0.15) is 0 Å². The number of carbonyl (C=O) groups excluding carboxylic acids is 1. The van der Waals surface area contributed by atoms with Crippen molar-refractivity contribution in [2.75, 3.05) is 20.3 Å². The maximum Gasteiger partial charge on any atom is 0.263 e. The molecule has 0 saturated carbocycles. The van der Waals surface area contributed by atoms with Crippen LogP contribution in [0.3, 0.4) is 0 Å². The average Bonchev–Trinajstić information content (AvgIpc) is 2.99. The molecule has 0 aromatic heterocycles. The Morgan fingerprint density at radius 2 is 1.74 bits per heavy atom. The Labute approximate surface area is 167 Å². The normalized spacial score (nSPS) is 14.9. The van der Waals surface area contributed by atoms with Crippen molar-refractivity contribution in [2.45, 2.75) is 6.42 Å². The number of thioether (sulfide) groups is 1. The van der Waals surface area contributed by atoms with Gasteiger partial charge in [0.1, 0.15) is 21.6 Å². The van der Waals surface area contributed by atoms with Gasteiger partial charge in [-0.15, -0.1) is 0 Å². The van der Waals surface area contributed by atoms with Gasteiger partial charge in [-0.05, 0) is 48.0 Å². The molecule has 0 aliphatic carbocycles. The van der Waals surface area contributed by atoms with E-state index in [0.717, 1.165) is 29.2 Å². The topological polar surface area (TPSA) is 56.8 Å². The molecular weight excluding hydrogens is 382 g/mol. The third kappa shape index (κ3) is 5.74. The molecule has 1 heterocycles. The highest BCUT2D eigenvalue weighted by atomic mass is 32.2. The zero-order valence-corrected chi connectivity index (χ0v) is 16.4. The minimum absolute atomic E-state index is 0.160. The number of nitrogens with one attached hydrogen (secondary N) is 1. The van der Waals surface area contributed by atoms with E-state index in [4.69, 9.17) is 26.4 Å². The lowest BCUT2D eigenvalue weighted by Crippen LogP contribution is -2.17. The van der Waals surface area contributed by atoms with Crippen LogP contribution in [0.25, 0.3) is 6.08 Å². The van der Waals surface area contributed by atoms with Crippen molar-refractivity contribution in [3.8, 4) is 17.2 Å². The zero-order chi connectivity index (χ0) is 19.1. The van der Waals surface area contributed by atoms with E-state index in [1.54, 1.807) is 13.2 Å². The Balaban J connectivity index is 1.45. The maximum absolute atomic E-state index is 11.7. The number of carbonyl (C=O) groups is 1. The van der Waals surface area contributed by atoms with Gasteiger partial charge in [-0.3, -0.25) is 4.79 Å². The molecule has 0 atom stereocenters. The van der Waals surface area contributed by atoms with Gasteiger partial charge in [0, 0.05) is 6.42 Å². The van der Waals surface area contributed by atoms with Crippen molar-refractivity contribution in [3.63, 3.8) is 0 Å². The number of ether oxygens (including phenoxy) is 3. The van der Waals surface area contributed by atoms with Crippen LogP contribution in [0, 0.1) is 0 Å². The van der Waals surface area contributed by atoms with Gasteiger partial charge in [0.15, 0.2) is 0 Å². The number of methoxy groups -OCH3 is 1. The fourth-order valence-corrected chi connectivity index (χ4v) is 3.42. The van der Waals surface area contributed by atoms with Crippen LogP contribution in [0.15, 0.2) is 53.4 Å². The molecule has 140 valence electrons. The lowest BCUT2D eigenvalue weighted by Gasteiger charge is -2.09. The predicted octanol–water partition coefficient (Wildman–Crippen LogP) is 4.03. The molecule has 1 amide bonds. The van der Waals surface area contributed by atoms with Crippen molar-refractivity contribution in [1.29, 1.82) is 0 Å². The largest absolute Gasteiger partial charge is 0.497 e. The second-order valence-electron chi connectivity index (χ2n) is 5.65. The van der Waals surface area contributed by atoms with E-state index >= 15 is 0 Å². The minimum Gasteiger partial charge on any atom is -0.497 e. The minimum atomic E-state index is -0.160. The summed E-state index contributed by atoms with van der Waals surface area (Å²) in [5.41, 5.74) is 0.893. The molecule has 0 bridgehead atoms. The zero-order valence-electron chi connectivity index (χ0n) is 14.8. The quantitative estimate of drug-likeness (QED) is 0.409. The van der Waals surface area contributed by atoms with E-state index in [-0.39, 0.29) is 5.91 Å². The van der Waals surface area contributed by atoms with Crippen molar-refractivity contribution >= 4 is 40.3 Å². The summed E-state index contributed by atoms with van der Waals surface area (Å²) in [5.74, 6) is 2.19. The van der Waals surface area contributed by atoms with Gasteiger partial charge >= 0.3 is 0 Å². The highest BCUT2D eigenvalue weighted by Gasteiger charge is 2.21. The third-order valence-corrected chi connectivity index (χ3v) is 4.85. The molecule has 0 unspecified atom stereocenters. The first-order chi connectivity index (χ1) is 13.1. The molecule has 0 radical (unpaired) electrons. The van der Waals surface area contributed by atoms with Gasteiger partial charge in [-0.1, -0.05) is 36.1 Å². The average molecular weight is 402 g/mol. The first-order valence-electron chi connectivity index (χ1n) is 8.38. The predicted molar refractivity (Wildman–Crippen MR) is 111 cm³/mol. The van der Waals surface area contributed by atoms with E-state index in [1.807, 2.05) is 48.5 Å². The fraction of sp³-hybridized carbons (Fsp3) is 0.200. The lowest BCUT2D eigenvalue weighted by atomic mass is 10.2. The van der Waals surface area contributed by atoms with E-state index in [2.05, 4.69) is 5.32 Å². The summed E-state index contributed by atoms with van der Waals surface area (Å²) in [6.07, 6.45) is 2.56. The number of amides is 1. The molecule has 0 spiro atoms. The molecule has 2 aromatic carbocycles. The summed E-state index contributed by atoms with van der Waals surface area (Å²) >= 11 is 6.26. The molecular formula is C20H19NO4S2. The molecule has 27 heavy (non-hydrogen) atoms. The summed E-state index contributed by atoms with van der Waals surface area (Å²) in [5, 5.41) is 2.60. The number of hydrogen-bond acceptors (Lipinski definition) is 6. The molecule has 1 fully saturated rings. The Hall–Kier alpha value is -2.51. The fourth-order valence-electron chi connectivity index (χ4n) is 2.38. The Morgan fingerprint density at radius 1 is 1.04 bits per heavy atom. The van der Waals surface area contributed by atoms with Gasteiger partial charge in [0.25, 0.3) is 5.91 Å². The van der Waals surface area contributed by atoms with Crippen molar-refractivity contribution < 1.29 is 19.0 Å². The number of thiocarbonyl (C=S) groups is 1. The van der Waals surface area contributed by atoms with Gasteiger partial charge in [-0.25, -0.2) is 0 Å². The Morgan fingerprint density at radius 3 is 2.41 bits per heavy atom. The molecule has 2 aromatic rings. The van der Waals surface area contributed by atoms with Crippen LogP contribution >= 0.6 is 24.0 Å². The second-order valence-corrected chi connectivity index (χ2v) is 7.37. The number of benzene rings is 2. The SMILES string of the molecule is COc1ccc(OCCCOc2cccc(/C=C3/SC(=S)NC3=O)c2)cc1. The van der Waals surface area contributed by atoms with Crippen LogP contribution in [0.4, 0.5) is 0 Å². The van der Waals surface area contributed by atoms with E-state index in [0.29, 0.717) is 22.4 Å². The molecule has 1 aliphatic heterocycles. The molecule has 1 N–H and O–H groups in total. The smallest absolute Gasteiger partial charge is 0.263 e. The Kier molecular flexibility index (Phi) is 6.73. The van der Waals surface area contributed by atoms with Crippen LogP contribution in [-0.2, 0) is 4.79 Å². The maximum atomic E-state index is 11.7. The van der Waals surface area contributed by atoms with Gasteiger partial charge in [0.2, 0.25) is 0 Å². The molecule has 1 saturated heterocycles. The van der Waals surface area contributed by atoms with Crippen LogP contribution < -0.4 is 19.5 Å². The third-order valence-electron chi connectivity index (χ3n) is 3.68. The first-order valence-corrected chi connectivity index (χ1v) is 9.61. The monoisotopic (exact) mass is 401 g/mol. The van der Waals surface area contributed by atoms with Crippen LogP contribution in [-0.4, -0.2) is 30.6 Å². The van der Waals surface area contributed by atoms with E-state index < -0.39 is 0 Å². The highest BCUT2D eigenvalue weighted by molar-refractivity contribution is 8.26. The van der Waals surface area contributed by atoms with Gasteiger partial charge in [0.05, 0.1) is 25.2 Å². The Bertz CT molecular complexity index is 849.